The minimum atomic E-state index is -4.42. The van der Waals surface area contributed by atoms with Gasteiger partial charge in [-0.05, 0) is 31.5 Å². The fraction of sp³-hybridized carbons (Fsp3) is 0.533. The predicted molar refractivity (Wildman–Crippen MR) is 81.1 cm³/mol. The second kappa shape index (κ2) is 7.83. The van der Waals surface area contributed by atoms with Gasteiger partial charge >= 0.3 is 6.18 Å². The number of piperidine rings is 1. The molecule has 0 aromatic heterocycles. The molecule has 1 aliphatic heterocycles. The molecule has 1 aromatic carbocycles. The molecule has 1 saturated heterocycles. The van der Waals surface area contributed by atoms with Gasteiger partial charge in [0.25, 0.3) is 0 Å². The lowest BCUT2D eigenvalue weighted by molar-refractivity contribution is -0.138. The van der Waals surface area contributed by atoms with Gasteiger partial charge in [0.15, 0.2) is 0 Å². The molecule has 1 aliphatic rings. The average molecular weight is 337 g/mol. The molecule has 1 unspecified atom stereocenters. The highest BCUT2D eigenvalue weighted by Gasteiger charge is 2.34. The molecule has 0 bridgehead atoms. The Kier molecular flexibility index (Phi) is 6.68. The Morgan fingerprint density at radius 3 is 2.68 bits per heavy atom. The lowest BCUT2D eigenvalue weighted by atomic mass is 10.0. The van der Waals surface area contributed by atoms with Gasteiger partial charge in [-0.3, -0.25) is 4.79 Å². The van der Waals surface area contributed by atoms with E-state index in [1.54, 1.807) is 4.90 Å². The van der Waals surface area contributed by atoms with Crippen LogP contribution in [-0.2, 0) is 17.4 Å². The van der Waals surface area contributed by atoms with Crippen LogP contribution in [0, 0.1) is 0 Å². The molecule has 1 heterocycles. The Morgan fingerprint density at radius 2 is 2.05 bits per heavy atom. The fourth-order valence-electron chi connectivity index (χ4n) is 2.67. The van der Waals surface area contributed by atoms with E-state index in [2.05, 4.69) is 5.32 Å². The monoisotopic (exact) mass is 336 g/mol. The number of nitrogens with zero attached hydrogens (tertiary/aromatic N) is 1. The third-order valence-electron chi connectivity index (χ3n) is 3.85. The van der Waals surface area contributed by atoms with E-state index in [0.717, 1.165) is 18.9 Å². The van der Waals surface area contributed by atoms with E-state index in [1.807, 2.05) is 7.05 Å². The van der Waals surface area contributed by atoms with Crippen LogP contribution >= 0.6 is 12.4 Å². The zero-order chi connectivity index (χ0) is 15.5. The molecule has 22 heavy (non-hydrogen) atoms. The molecule has 0 saturated carbocycles. The van der Waals surface area contributed by atoms with E-state index in [1.165, 1.54) is 18.2 Å². The number of alkyl halides is 3. The number of halogens is 4. The first-order valence-corrected chi connectivity index (χ1v) is 7.02. The smallest absolute Gasteiger partial charge is 0.341 e. The number of likely N-dealkylation sites (tertiary alicyclic amines) is 1. The van der Waals surface area contributed by atoms with Gasteiger partial charge in [0.05, 0.1) is 12.0 Å². The highest BCUT2D eigenvalue weighted by Crippen LogP contribution is 2.32. The lowest BCUT2D eigenvalue weighted by Crippen LogP contribution is -2.47. The van der Waals surface area contributed by atoms with E-state index < -0.39 is 11.7 Å². The Bertz CT molecular complexity index is 508. The third kappa shape index (κ3) is 4.61. The van der Waals surface area contributed by atoms with E-state index >= 15 is 0 Å². The molecule has 124 valence electrons. The van der Waals surface area contributed by atoms with Crippen LogP contribution in [0.1, 0.15) is 24.0 Å². The summed E-state index contributed by atoms with van der Waals surface area (Å²) in [6.07, 6.45) is -2.77. The topological polar surface area (TPSA) is 32.3 Å². The van der Waals surface area contributed by atoms with Crippen molar-refractivity contribution in [2.75, 3.05) is 20.1 Å². The zero-order valence-electron chi connectivity index (χ0n) is 12.3. The third-order valence-corrected chi connectivity index (χ3v) is 3.85. The van der Waals surface area contributed by atoms with Crippen molar-refractivity contribution in [3.63, 3.8) is 0 Å². The number of hydrogen-bond acceptors (Lipinski definition) is 2. The minimum absolute atomic E-state index is 0. The number of hydrogen-bond donors (Lipinski definition) is 1. The quantitative estimate of drug-likeness (QED) is 0.920. The molecule has 0 radical (unpaired) electrons. The number of carbonyl (C=O) groups is 1. The van der Waals surface area contributed by atoms with Crippen LogP contribution in [0.25, 0.3) is 0 Å². The summed E-state index contributed by atoms with van der Waals surface area (Å²) in [6, 6.07) is 5.50. The van der Waals surface area contributed by atoms with Gasteiger partial charge in [-0.15, -0.1) is 12.4 Å². The standard InChI is InChI=1S/C15H19F3N2O.ClH/c1-19-12-6-4-8-20(10-12)14(21)9-11-5-2-3-7-13(11)15(16,17)18;/h2-3,5,7,12,19H,4,6,8-10H2,1H3;1H. The predicted octanol–water partition coefficient (Wildman–Crippen LogP) is 2.88. The van der Waals surface area contributed by atoms with E-state index in [9.17, 15) is 18.0 Å². The Balaban J connectivity index is 0.00000242. The van der Waals surface area contributed by atoms with Crippen molar-refractivity contribution in [3.8, 4) is 0 Å². The fourth-order valence-corrected chi connectivity index (χ4v) is 2.67. The molecule has 2 rings (SSSR count). The van der Waals surface area contributed by atoms with Crippen molar-refractivity contribution in [1.82, 2.24) is 10.2 Å². The number of benzene rings is 1. The largest absolute Gasteiger partial charge is 0.416 e. The van der Waals surface area contributed by atoms with E-state index in [-0.39, 0.29) is 36.3 Å². The summed E-state index contributed by atoms with van der Waals surface area (Å²) in [5, 5.41) is 3.11. The first-order chi connectivity index (χ1) is 9.91. The summed E-state index contributed by atoms with van der Waals surface area (Å²) in [6.45, 7) is 1.18. The highest BCUT2D eigenvalue weighted by atomic mass is 35.5. The van der Waals surface area contributed by atoms with Crippen molar-refractivity contribution in [2.24, 2.45) is 0 Å². The summed E-state index contributed by atoms with van der Waals surface area (Å²) >= 11 is 0. The van der Waals surface area contributed by atoms with Gasteiger partial charge in [-0.25, -0.2) is 0 Å². The minimum Gasteiger partial charge on any atom is -0.341 e. The van der Waals surface area contributed by atoms with Gasteiger partial charge in [-0.2, -0.15) is 13.2 Å². The normalized spacial score (nSPS) is 18.7. The zero-order valence-corrected chi connectivity index (χ0v) is 13.1. The van der Waals surface area contributed by atoms with Gasteiger partial charge in [0.1, 0.15) is 0 Å². The maximum Gasteiger partial charge on any atom is 0.416 e. The number of amides is 1. The van der Waals surface area contributed by atoms with Crippen molar-refractivity contribution >= 4 is 18.3 Å². The van der Waals surface area contributed by atoms with Crippen LogP contribution in [0.4, 0.5) is 13.2 Å². The average Bonchev–Trinajstić information content (AvgIpc) is 2.46. The summed E-state index contributed by atoms with van der Waals surface area (Å²) in [7, 11) is 1.83. The SMILES string of the molecule is CNC1CCCN(C(=O)Cc2ccccc2C(F)(F)F)C1.Cl. The molecular weight excluding hydrogens is 317 g/mol. The Morgan fingerprint density at radius 1 is 1.36 bits per heavy atom. The summed E-state index contributed by atoms with van der Waals surface area (Å²) in [4.78, 5) is 13.9. The number of nitrogens with one attached hydrogen (secondary N) is 1. The van der Waals surface area contributed by atoms with Crippen LogP contribution in [0.2, 0.25) is 0 Å². The maximum absolute atomic E-state index is 12.9. The van der Waals surface area contributed by atoms with Crippen LogP contribution in [-0.4, -0.2) is 37.0 Å². The summed E-state index contributed by atoms with van der Waals surface area (Å²) in [5.41, 5.74) is -0.679. The van der Waals surface area contributed by atoms with Crippen LogP contribution < -0.4 is 5.32 Å². The Labute approximate surface area is 134 Å². The molecule has 1 amide bonds. The molecule has 7 heteroatoms. The highest BCUT2D eigenvalue weighted by molar-refractivity contribution is 5.85. The van der Waals surface area contributed by atoms with Crippen molar-refractivity contribution in [3.05, 3.63) is 35.4 Å². The van der Waals surface area contributed by atoms with Gasteiger partial charge in [0.2, 0.25) is 5.91 Å². The number of likely N-dealkylation sites (N-methyl/N-ethyl adjacent to an activating group) is 1. The van der Waals surface area contributed by atoms with Crippen LogP contribution in [0.3, 0.4) is 0 Å². The lowest BCUT2D eigenvalue weighted by Gasteiger charge is -2.32. The van der Waals surface area contributed by atoms with Crippen molar-refractivity contribution < 1.29 is 18.0 Å². The molecular formula is C15H20ClF3N2O. The van der Waals surface area contributed by atoms with E-state index in [4.69, 9.17) is 0 Å². The summed E-state index contributed by atoms with van der Waals surface area (Å²) < 4.78 is 38.8. The Hall–Kier alpha value is -1.27. The molecule has 3 nitrogen and oxygen atoms in total. The van der Waals surface area contributed by atoms with Gasteiger partial charge in [0, 0.05) is 19.1 Å². The van der Waals surface area contributed by atoms with Gasteiger partial charge in [-0.1, -0.05) is 18.2 Å². The van der Waals surface area contributed by atoms with Gasteiger partial charge < -0.3 is 10.2 Å². The molecule has 1 N–H and O–H groups in total. The first kappa shape index (κ1) is 18.8. The molecule has 1 atom stereocenters. The maximum atomic E-state index is 12.9. The van der Waals surface area contributed by atoms with Crippen LogP contribution in [0.5, 0.6) is 0 Å². The number of carbonyl (C=O) groups excluding carboxylic acids is 1. The molecule has 0 aliphatic carbocycles. The second-order valence-electron chi connectivity index (χ2n) is 5.30. The second-order valence-corrected chi connectivity index (χ2v) is 5.30. The molecule has 1 aromatic rings. The summed E-state index contributed by atoms with van der Waals surface area (Å²) in [5.74, 6) is -0.244. The van der Waals surface area contributed by atoms with E-state index in [0.29, 0.717) is 13.1 Å². The first-order valence-electron chi connectivity index (χ1n) is 7.02. The number of rotatable bonds is 3. The van der Waals surface area contributed by atoms with Crippen LogP contribution in [0.15, 0.2) is 24.3 Å². The van der Waals surface area contributed by atoms with Crippen molar-refractivity contribution in [2.45, 2.75) is 31.5 Å². The van der Waals surface area contributed by atoms with Crippen molar-refractivity contribution in [1.29, 1.82) is 0 Å². The molecule has 1 fully saturated rings. The molecule has 0 spiro atoms.